The van der Waals surface area contributed by atoms with Crippen LogP contribution in [0.15, 0.2) is 42.7 Å². The molecule has 0 aliphatic carbocycles. The lowest BCUT2D eigenvalue weighted by Crippen LogP contribution is -2.71. The van der Waals surface area contributed by atoms with E-state index in [0.29, 0.717) is 0 Å². The quantitative estimate of drug-likeness (QED) is 0.567. The van der Waals surface area contributed by atoms with Crippen LogP contribution in [0.4, 0.5) is 5.69 Å². The summed E-state index contributed by atoms with van der Waals surface area (Å²) in [5.41, 5.74) is 2.84. The maximum absolute atomic E-state index is 12.9. The SMILES string of the molecule is C=C=C[C@@]1(C)S[C@@H]2[C@H](N(C(C)=O)c3cccc(C(=O)O)c3)C(=O)N2C1C(=O)O. The number of carbonyl (C=O) groups is 4. The summed E-state index contributed by atoms with van der Waals surface area (Å²) in [7, 11) is 0. The van der Waals surface area contributed by atoms with Crippen LogP contribution in [0.25, 0.3) is 0 Å². The molecular weight excluding hydrogens is 384 g/mol. The number of anilines is 1. The monoisotopic (exact) mass is 402 g/mol. The van der Waals surface area contributed by atoms with Crippen molar-refractivity contribution in [1.82, 2.24) is 4.90 Å². The van der Waals surface area contributed by atoms with Gasteiger partial charge in [-0.05, 0) is 31.2 Å². The molecule has 146 valence electrons. The summed E-state index contributed by atoms with van der Waals surface area (Å²) in [5.74, 6) is -3.25. The van der Waals surface area contributed by atoms with Crippen LogP contribution in [0.2, 0.25) is 0 Å². The average molecular weight is 402 g/mol. The number of carbonyl (C=O) groups excluding carboxylic acids is 2. The van der Waals surface area contributed by atoms with Crippen LogP contribution in [0.1, 0.15) is 24.2 Å². The number of hydrogen-bond donors (Lipinski definition) is 2. The van der Waals surface area contributed by atoms with E-state index in [0.717, 1.165) is 0 Å². The van der Waals surface area contributed by atoms with Gasteiger partial charge in [0, 0.05) is 12.6 Å². The second-order valence-electron chi connectivity index (χ2n) is 6.72. The molecule has 2 fully saturated rings. The van der Waals surface area contributed by atoms with Gasteiger partial charge in [0.25, 0.3) is 5.91 Å². The highest BCUT2D eigenvalue weighted by molar-refractivity contribution is 8.02. The number of carboxylic acids is 2. The molecule has 8 nitrogen and oxygen atoms in total. The molecular formula is C19H18N2O6S. The molecule has 2 aliphatic heterocycles. The highest BCUT2D eigenvalue weighted by atomic mass is 32.2. The number of nitrogens with zero attached hydrogens (tertiary/aromatic N) is 2. The van der Waals surface area contributed by atoms with Gasteiger partial charge >= 0.3 is 11.9 Å². The highest BCUT2D eigenvalue weighted by Crippen LogP contribution is 2.53. The standard InChI is InChI=1S/C19H18N2O6S/c1-4-8-19(3)14(18(26)27)21-15(23)13(16(21)28-19)20(10(2)22)12-7-5-6-11(9-12)17(24)25/h5-9,13-14,16H,1H2,2-3H3,(H,24,25)(H,26,27)/t13-,14?,16-,19-/m1/s1. The Morgan fingerprint density at radius 3 is 2.57 bits per heavy atom. The second-order valence-corrected chi connectivity index (χ2v) is 8.31. The number of aliphatic carboxylic acids is 1. The van der Waals surface area contributed by atoms with Crippen LogP contribution in [-0.2, 0) is 14.4 Å². The van der Waals surface area contributed by atoms with Crippen molar-refractivity contribution < 1.29 is 29.4 Å². The van der Waals surface area contributed by atoms with Gasteiger partial charge in [0.2, 0.25) is 5.91 Å². The largest absolute Gasteiger partial charge is 0.480 e. The topological polar surface area (TPSA) is 115 Å². The molecule has 3 rings (SSSR count). The Hall–Kier alpha value is -3.03. The van der Waals surface area contributed by atoms with Crippen molar-refractivity contribution in [2.45, 2.75) is 36.1 Å². The summed E-state index contributed by atoms with van der Waals surface area (Å²) >= 11 is 1.24. The van der Waals surface area contributed by atoms with Crippen LogP contribution in [0.5, 0.6) is 0 Å². The minimum atomic E-state index is -1.16. The Kier molecular flexibility index (Phi) is 4.82. The first-order valence-corrected chi connectivity index (χ1v) is 9.23. The fourth-order valence-electron chi connectivity index (χ4n) is 3.71. The molecule has 2 N–H and O–H groups in total. The number of β-lactam (4-membered cyclic amide) rings is 1. The molecule has 28 heavy (non-hydrogen) atoms. The summed E-state index contributed by atoms with van der Waals surface area (Å²) in [6.45, 7) is 6.46. The fraction of sp³-hybridized carbons (Fsp3) is 0.316. The van der Waals surface area contributed by atoms with Crippen LogP contribution < -0.4 is 4.90 Å². The van der Waals surface area contributed by atoms with Crippen molar-refractivity contribution in [3.05, 3.63) is 48.2 Å². The number of rotatable bonds is 5. The van der Waals surface area contributed by atoms with E-state index < -0.39 is 46.0 Å². The van der Waals surface area contributed by atoms with E-state index in [2.05, 4.69) is 12.3 Å². The number of fused-ring (bicyclic) bond motifs is 1. The zero-order chi connectivity index (χ0) is 20.8. The first-order chi connectivity index (χ1) is 13.1. The van der Waals surface area contributed by atoms with Gasteiger partial charge in [-0.2, -0.15) is 0 Å². The minimum absolute atomic E-state index is 0.0192. The van der Waals surface area contributed by atoms with Gasteiger partial charge in [-0.1, -0.05) is 12.6 Å². The number of benzene rings is 1. The van der Waals surface area contributed by atoms with Gasteiger partial charge in [0.15, 0.2) is 0 Å². The summed E-state index contributed by atoms with van der Waals surface area (Å²) in [6.07, 6.45) is 1.52. The third-order valence-corrected chi connectivity index (χ3v) is 6.43. The van der Waals surface area contributed by atoms with Crippen molar-refractivity contribution in [3.63, 3.8) is 0 Å². The molecule has 0 spiro atoms. The van der Waals surface area contributed by atoms with Gasteiger partial charge in [0.1, 0.15) is 17.5 Å². The Morgan fingerprint density at radius 1 is 1.36 bits per heavy atom. The molecule has 0 radical (unpaired) electrons. The Balaban J connectivity index is 2.02. The van der Waals surface area contributed by atoms with E-state index in [1.54, 1.807) is 13.0 Å². The summed E-state index contributed by atoms with van der Waals surface area (Å²) < 4.78 is -0.950. The van der Waals surface area contributed by atoms with E-state index >= 15 is 0 Å². The Bertz CT molecular complexity index is 940. The number of aromatic carboxylic acids is 1. The van der Waals surface area contributed by atoms with E-state index in [1.165, 1.54) is 52.8 Å². The van der Waals surface area contributed by atoms with Crippen molar-refractivity contribution in [2.24, 2.45) is 0 Å². The van der Waals surface area contributed by atoms with E-state index in [9.17, 15) is 29.4 Å². The predicted octanol–water partition coefficient (Wildman–Crippen LogP) is 1.57. The molecule has 4 atom stereocenters. The molecule has 0 bridgehead atoms. The van der Waals surface area contributed by atoms with Crippen molar-refractivity contribution in [1.29, 1.82) is 0 Å². The normalized spacial score (nSPS) is 28.0. The van der Waals surface area contributed by atoms with Crippen LogP contribution in [0.3, 0.4) is 0 Å². The first-order valence-electron chi connectivity index (χ1n) is 8.35. The fourth-order valence-corrected chi connectivity index (χ4v) is 5.43. The third-order valence-electron chi connectivity index (χ3n) is 4.86. The molecule has 2 amide bonds. The Labute approximate surface area is 165 Å². The maximum Gasteiger partial charge on any atom is 0.335 e. The lowest BCUT2D eigenvalue weighted by Gasteiger charge is -2.48. The van der Waals surface area contributed by atoms with E-state index in [1.807, 2.05) is 0 Å². The van der Waals surface area contributed by atoms with Crippen LogP contribution >= 0.6 is 11.8 Å². The predicted molar refractivity (Wildman–Crippen MR) is 102 cm³/mol. The molecule has 1 aromatic rings. The average Bonchev–Trinajstić information content (AvgIpc) is 2.89. The third kappa shape index (κ3) is 2.89. The maximum atomic E-state index is 12.9. The number of thioether (sulfide) groups is 1. The first kappa shape index (κ1) is 19.7. The van der Waals surface area contributed by atoms with Crippen molar-refractivity contribution in [2.75, 3.05) is 4.90 Å². The van der Waals surface area contributed by atoms with Gasteiger partial charge in [-0.3, -0.25) is 14.5 Å². The molecule has 2 saturated heterocycles. The van der Waals surface area contributed by atoms with Crippen molar-refractivity contribution >= 4 is 41.2 Å². The second kappa shape index (κ2) is 6.85. The number of amides is 2. The summed E-state index contributed by atoms with van der Waals surface area (Å²) in [5, 5.41) is 18.3. The molecule has 1 unspecified atom stereocenters. The zero-order valence-corrected chi connectivity index (χ0v) is 16.0. The molecule has 2 heterocycles. The zero-order valence-electron chi connectivity index (χ0n) is 15.2. The van der Waals surface area contributed by atoms with Gasteiger partial charge in [-0.25, -0.2) is 9.59 Å². The number of carboxylic acid groups (broad SMARTS) is 2. The van der Waals surface area contributed by atoms with Gasteiger partial charge in [-0.15, -0.1) is 17.5 Å². The molecule has 1 aromatic carbocycles. The summed E-state index contributed by atoms with van der Waals surface area (Å²) in [6, 6.07) is 3.70. The van der Waals surface area contributed by atoms with Gasteiger partial charge in [0.05, 0.1) is 10.3 Å². The highest BCUT2D eigenvalue weighted by Gasteiger charge is 2.66. The smallest absolute Gasteiger partial charge is 0.335 e. The van der Waals surface area contributed by atoms with Crippen LogP contribution in [-0.4, -0.2) is 61.1 Å². The van der Waals surface area contributed by atoms with E-state index in [4.69, 9.17) is 0 Å². The number of hydrogen-bond acceptors (Lipinski definition) is 5. The van der Waals surface area contributed by atoms with Crippen molar-refractivity contribution in [3.8, 4) is 0 Å². The molecule has 0 saturated carbocycles. The summed E-state index contributed by atoms with van der Waals surface area (Å²) in [4.78, 5) is 50.8. The molecule has 0 aromatic heterocycles. The minimum Gasteiger partial charge on any atom is -0.480 e. The lowest BCUT2D eigenvalue weighted by molar-refractivity contribution is -0.159. The lowest BCUT2D eigenvalue weighted by atomic mass is 9.93. The Morgan fingerprint density at radius 2 is 2.04 bits per heavy atom. The molecule has 9 heteroatoms. The van der Waals surface area contributed by atoms with Gasteiger partial charge < -0.3 is 15.1 Å². The molecule has 2 aliphatic rings. The van der Waals surface area contributed by atoms with Crippen LogP contribution in [0, 0.1) is 0 Å². The van der Waals surface area contributed by atoms with E-state index in [-0.39, 0.29) is 11.3 Å².